The maximum Gasteiger partial charge on any atom is 0.335 e. The van der Waals surface area contributed by atoms with E-state index in [1.165, 1.54) is 31.4 Å². The molecule has 0 fully saturated rings. The molecule has 3 nitrogen and oxygen atoms in total. The maximum atomic E-state index is 13.4. The number of hydrogen-bond donors (Lipinski definition) is 1. The number of ether oxygens (including phenoxy) is 1. The predicted molar refractivity (Wildman–Crippen MR) is 65.3 cm³/mol. The average Bonchev–Trinajstić information content (AvgIpc) is 2.38. The molecule has 0 aliphatic heterocycles. The lowest BCUT2D eigenvalue weighted by molar-refractivity contribution is 0.0697. The fraction of sp³-hybridized carbons (Fsp3) is 0.0714. The molecule has 92 valence electrons. The topological polar surface area (TPSA) is 46.5 Å². The Kier molecular flexibility index (Phi) is 3.28. The molecule has 0 aromatic heterocycles. The monoisotopic (exact) mass is 246 g/mol. The van der Waals surface area contributed by atoms with Gasteiger partial charge in [0.1, 0.15) is 11.6 Å². The van der Waals surface area contributed by atoms with Crippen molar-refractivity contribution >= 4 is 5.97 Å². The number of carboxylic acids is 1. The largest absolute Gasteiger partial charge is 0.497 e. The molecule has 1 N–H and O–H groups in total. The van der Waals surface area contributed by atoms with Gasteiger partial charge in [0.25, 0.3) is 0 Å². The third-order valence-electron chi connectivity index (χ3n) is 2.55. The first-order valence-electron chi connectivity index (χ1n) is 5.28. The minimum atomic E-state index is -1.01. The summed E-state index contributed by atoms with van der Waals surface area (Å²) in [4.78, 5) is 10.9. The molecule has 0 radical (unpaired) electrons. The standard InChI is InChI=1S/C14H11FO3/c1-18-13-7-11(6-12(15)8-13)9-3-2-4-10(5-9)14(16)17/h2-8H,1H3,(H,16,17). The van der Waals surface area contributed by atoms with Crippen molar-refractivity contribution in [2.45, 2.75) is 0 Å². The lowest BCUT2D eigenvalue weighted by Crippen LogP contribution is -1.96. The molecule has 0 aliphatic carbocycles. The zero-order valence-electron chi connectivity index (χ0n) is 9.68. The SMILES string of the molecule is COc1cc(F)cc(-c2cccc(C(=O)O)c2)c1. The molecule has 18 heavy (non-hydrogen) atoms. The summed E-state index contributed by atoms with van der Waals surface area (Å²) in [5, 5.41) is 8.91. The van der Waals surface area contributed by atoms with Gasteiger partial charge in [0.05, 0.1) is 12.7 Å². The minimum absolute atomic E-state index is 0.163. The zero-order chi connectivity index (χ0) is 13.1. The number of rotatable bonds is 3. The summed E-state index contributed by atoms with van der Waals surface area (Å²) in [6.07, 6.45) is 0. The number of aromatic carboxylic acids is 1. The Labute approximate surface area is 103 Å². The predicted octanol–water partition coefficient (Wildman–Crippen LogP) is 3.20. The van der Waals surface area contributed by atoms with E-state index >= 15 is 0 Å². The Morgan fingerprint density at radius 2 is 1.94 bits per heavy atom. The van der Waals surface area contributed by atoms with Crippen LogP contribution in [0.5, 0.6) is 5.75 Å². The van der Waals surface area contributed by atoms with E-state index in [9.17, 15) is 9.18 Å². The highest BCUT2D eigenvalue weighted by atomic mass is 19.1. The van der Waals surface area contributed by atoms with Crippen LogP contribution < -0.4 is 4.74 Å². The van der Waals surface area contributed by atoms with Gasteiger partial charge in [-0.3, -0.25) is 0 Å². The molecule has 2 aromatic carbocycles. The number of benzene rings is 2. The molecule has 0 heterocycles. The molecule has 0 aliphatic rings. The molecule has 0 unspecified atom stereocenters. The minimum Gasteiger partial charge on any atom is -0.497 e. The van der Waals surface area contributed by atoms with E-state index in [1.54, 1.807) is 18.2 Å². The molecular formula is C14H11FO3. The Morgan fingerprint density at radius 3 is 2.61 bits per heavy atom. The van der Waals surface area contributed by atoms with E-state index in [2.05, 4.69) is 0 Å². The molecule has 2 aromatic rings. The van der Waals surface area contributed by atoms with Gasteiger partial charge in [-0.05, 0) is 35.4 Å². The molecule has 2 rings (SSSR count). The van der Waals surface area contributed by atoms with Crippen LogP contribution in [-0.2, 0) is 0 Å². The molecule has 0 bridgehead atoms. The Bertz CT molecular complexity index is 593. The molecular weight excluding hydrogens is 235 g/mol. The first-order valence-corrected chi connectivity index (χ1v) is 5.28. The van der Waals surface area contributed by atoms with Crippen molar-refractivity contribution < 1.29 is 19.0 Å². The van der Waals surface area contributed by atoms with Gasteiger partial charge in [-0.1, -0.05) is 12.1 Å². The number of carbonyl (C=O) groups is 1. The van der Waals surface area contributed by atoms with Gasteiger partial charge in [0.15, 0.2) is 0 Å². The molecule has 0 atom stereocenters. The highest BCUT2D eigenvalue weighted by Crippen LogP contribution is 2.26. The van der Waals surface area contributed by atoms with E-state index in [0.29, 0.717) is 16.9 Å². The second kappa shape index (κ2) is 4.87. The quantitative estimate of drug-likeness (QED) is 0.904. The number of hydrogen-bond acceptors (Lipinski definition) is 2. The lowest BCUT2D eigenvalue weighted by Gasteiger charge is -2.06. The molecule has 0 amide bonds. The maximum absolute atomic E-state index is 13.4. The van der Waals surface area contributed by atoms with Crippen LogP contribution in [0.4, 0.5) is 4.39 Å². The van der Waals surface area contributed by atoms with E-state index < -0.39 is 11.8 Å². The van der Waals surface area contributed by atoms with Crippen molar-refractivity contribution in [2.24, 2.45) is 0 Å². The molecule has 0 saturated carbocycles. The van der Waals surface area contributed by atoms with E-state index in [4.69, 9.17) is 9.84 Å². The van der Waals surface area contributed by atoms with Crippen LogP contribution >= 0.6 is 0 Å². The normalized spacial score (nSPS) is 10.1. The summed E-state index contributed by atoms with van der Waals surface area (Å²) in [5.74, 6) is -1.05. The van der Waals surface area contributed by atoms with Gasteiger partial charge in [-0.15, -0.1) is 0 Å². The van der Waals surface area contributed by atoms with Gasteiger partial charge >= 0.3 is 5.97 Å². The van der Waals surface area contributed by atoms with Crippen molar-refractivity contribution in [3.8, 4) is 16.9 Å². The summed E-state index contributed by atoms with van der Waals surface area (Å²) in [7, 11) is 1.45. The Hall–Kier alpha value is -2.36. The third kappa shape index (κ3) is 2.48. The van der Waals surface area contributed by atoms with Crippen LogP contribution in [0.25, 0.3) is 11.1 Å². The van der Waals surface area contributed by atoms with Gasteiger partial charge in [0.2, 0.25) is 0 Å². The van der Waals surface area contributed by atoms with Crippen LogP contribution in [0.2, 0.25) is 0 Å². The van der Waals surface area contributed by atoms with Crippen molar-refractivity contribution in [3.63, 3.8) is 0 Å². The average molecular weight is 246 g/mol. The van der Waals surface area contributed by atoms with E-state index in [-0.39, 0.29) is 5.56 Å². The van der Waals surface area contributed by atoms with Crippen molar-refractivity contribution in [1.82, 2.24) is 0 Å². The zero-order valence-corrected chi connectivity index (χ0v) is 9.68. The highest BCUT2D eigenvalue weighted by molar-refractivity contribution is 5.89. The van der Waals surface area contributed by atoms with Crippen LogP contribution in [0, 0.1) is 5.82 Å². The summed E-state index contributed by atoms with van der Waals surface area (Å²) >= 11 is 0. The summed E-state index contributed by atoms with van der Waals surface area (Å²) < 4.78 is 18.3. The molecule has 4 heteroatoms. The summed E-state index contributed by atoms with van der Waals surface area (Å²) in [5.41, 5.74) is 1.37. The van der Waals surface area contributed by atoms with Crippen molar-refractivity contribution in [1.29, 1.82) is 0 Å². The van der Waals surface area contributed by atoms with Crippen molar-refractivity contribution in [3.05, 3.63) is 53.8 Å². The van der Waals surface area contributed by atoms with E-state index in [0.717, 1.165) is 0 Å². The first kappa shape index (κ1) is 12.1. The number of methoxy groups -OCH3 is 1. The van der Waals surface area contributed by atoms with Crippen LogP contribution in [0.1, 0.15) is 10.4 Å². The van der Waals surface area contributed by atoms with Crippen molar-refractivity contribution in [2.75, 3.05) is 7.11 Å². The number of halogens is 1. The van der Waals surface area contributed by atoms with Gasteiger partial charge in [0, 0.05) is 6.07 Å². The van der Waals surface area contributed by atoms with Crippen LogP contribution in [-0.4, -0.2) is 18.2 Å². The Balaban J connectivity index is 2.51. The van der Waals surface area contributed by atoms with Gasteiger partial charge < -0.3 is 9.84 Å². The fourth-order valence-corrected chi connectivity index (χ4v) is 1.68. The van der Waals surface area contributed by atoms with Gasteiger partial charge in [-0.2, -0.15) is 0 Å². The summed E-state index contributed by atoms with van der Waals surface area (Å²) in [6, 6.07) is 10.6. The fourth-order valence-electron chi connectivity index (χ4n) is 1.68. The van der Waals surface area contributed by atoms with Crippen LogP contribution in [0.15, 0.2) is 42.5 Å². The third-order valence-corrected chi connectivity index (χ3v) is 2.55. The lowest BCUT2D eigenvalue weighted by atomic mass is 10.0. The molecule has 0 saturated heterocycles. The number of carboxylic acid groups (broad SMARTS) is 1. The Morgan fingerprint density at radius 1 is 1.17 bits per heavy atom. The van der Waals surface area contributed by atoms with Gasteiger partial charge in [-0.25, -0.2) is 9.18 Å². The smallest absolute Gasteiger partial charge is 0.335 e. The second-order valence-corrected chi connectivity index (χ2v) is 3.77. The molecule has 0 spiro atoms. The van der Waals surface area contributed by atoms with E-state index in [1.807, 2.05) is 0 Å². The van der Waals surface area contributed by atoms with Crippen LogP contribution in [0.3, 0.4) is 0 Å². The highest BCUT2D eigenvalue weighted by Gasteiger charge is 2.07. The summed E-state index contributed by atoms with van der Waals surface area (Å²) in [6.45, 7) is 0. The second-order valence-electron chi connectivity index (χ2n) is 3.77. The first-order chi connectivity index (χ1) is 8.60.